The summed E-state index contributed by atoms with van der Waals surface area (Å²) < 4.78 is 41.9. The molecule has 0 radical (unpaired) electrons. The van der Waals surface area contributed by atoms with Crippen LogP contribution in [0.2, 0.25) is 0 Å². The van der Waals surface area contributed by atoms with Crippen molar-refractivity contribution in [3.8, 4) is 0 Å². The first-order valence-electron chi connectivity index (χ1n) is 9.98. The second-order valence-corrected chi connectivity index (χ2v) is 9.99. The van der Waals surface area contributed by atoms with Gasteiger partial charge in [0, 0.05) is 6.04 Å². The topological polar surface area (TPSA) is 66.5 Å². The molecule has 4 rings (SSSR count). The van der Waals surface area contributed by atoms with Crippen LogP contribution in [0.4, 0.5) is 10.1 Å². The van der Waals surface area contributed by atoms with E-state index in [-0.39, 0.29) is 16.6 Å². The van der Waals surface area contributed by atoms with E-state index in [0.29, 0.717) is 11.8 Å². The fourth-order valence-electron chi connectivity index (χ4n) is 4.60. The molecule has 154 valence electrons. The second-order valence-electron chi connectivity index (χ2n) is 8.13. The normalized spacial score (nSPS) is 23.2. The van der Waals surface area contributed by atoms with Crippen LogP contribution >= 0.6 is 0 Å². The zero-order valence-electron chi connectivity index (χ0n) is 16.3. The maximum atomic E-state index is 14.5. The molecule has 0 aromatic heterocycles. The number of hydrogen-bond acceptors (Lipinski definition) is 3. The van der Waals surface area contributed by atoms with Gasteiger partial charge in [0.2, 0.25) is 5.91 Å². The molecule has 7 heteroatoms. The van der Waals surface area contributed by atoms with Crippen molar-refractivity contribution in [2.24, 2.45) is 11.8 Å². The van der Waals surface area contributed by atoms with Gasteiger partial charge >= 0.3 is 0 Å². The minimum atomic E-state index is -4.10. The summed E-state index contributed by atoms with van der Waals surface area (Å²) in [5, 5.41) is 3.00. The number of sulfonamides is 1. The van der Waals surface area contributed by atoms with Crippen molar-refractivity contribution in [2.45, 2.75) is 43.5 Å². The summed E-state index contributed by atoms with van der Waals surface area (Å²) in [6.07, 6.45) is 4.39. The average molecular weight is 417 g/mol. The van der Waals surface area contributed by atoms with Crippen molar-refractivity contribution in [1.29, 1.82) is 0 Å². The van der Waals surface area contributed by atoms with Gasteiger partial charge < -0.3 is 5.32 Å². The number of amides is 1. The maximum absolute atomic E-state index is 14.5. The van der Waals surface area contributed by atoms with Crippen LogP contribution in [0.1, 0.15) is 31.2 Å². The lowest BCUT2D eigenvalue weighted by Gasteiger charge is -2.27. The summed E-state index contributed by atoms with van der Waals surface area (Å²) in [5.41, 5.74) is 0.784. The molecule has 2 aliphatic carbocycles. The Bertz CT molecular complexity index is 1010. The van der Waals surface area contributed by atoms with E-state index in [0.717, 1.165) is 29.1 Å². The summed E-state index contributed by atoms with van der Waals surface area (Å²) in [4.78, 5) is 12.8. The van der Waals surface area contributed by atoms with E-state index >= 15 is 0 Å². The fraction of sp³-hybridized carbons (Fsp3) is 0.409. The van der Waals surface area contributed by atoms with Gasteiger partial charge in [-0.15, -0.1) is 0 Å². The van der Waals surface area contributed by atoms with E-state index in [1.165, 1.54) is 36.8 Å². The van der Waals surface area contributed by atoms with Crippen LogP contribution in [0.15, 0.2) is 53.4 Å². The van der Waals surface area contributed by atoms with Crippen molar-refractivity contribution in [2.75, 3.05) is 10.8 Å². The van der Waals surface area contributed by atoms with E-state index < -0.39 is 28.3 Å². The summed E-state index contributed by atoms with van der Waals surface area (Å²) in [6.45, 7) is 1.40. The molecule has 0 spiro atoms. The summed E-state index contributed by atoms with van der Waals surface area (Å²) in [6, 6.07) is 12.0. The lowest BCUT2D eigenvalue weighted by Crippen LogP contribution is -2.46. The molecule has 3 atom stereocenters. The fourth-order valence-corrected chi connectivity index (χ4v) is 6.02. The molecule has 0 saturated heterocycles. The monoisotopic (exact) mass is 416 g/mol. The SMILES string of the molecule is Cc1ccc(S(=O)(=O)N(CC(=O)N[C@H]2C[C@H]3CC[C@@H]2C3)c2ccccc2F)cc1. The number of aryl methyl sites for hydroxylation is 1. The number of benzene rings is 2. The van der Waals surface area contributed by atoms with E-state index in [2.05, 4.69) is 5.32 Å². The first kappa shape index (κ1) is 19.9. The number of nitrogens with one attached hydrogen (secondary N) is 1. The molecule has 2 aromatic rings. The van der Waals surface area contributed by atoms with Gasteiger partial charge in [0.05, 0.1) is 10.6 Å². The van der Waals surface area contributed by atoms with Gasteiger partial charge in [-0.1, -0.05) is 36.2 Å². The standard InChI is InChI=1S/C22H25FN2O3S/c1-15-6-10-18(11-7-15)29(27,28)25(21-5-3-2-4-19(21)23)14-22(26)24-20-13-16-8-9-17(20)12-16/h2-7,10-11,16-17,20H,8-9,12-14H2,1H3,(H,24,26)/t16-,17+,20-/m0/s1. The molecule has 1 N–H and O–H groups in total. The molecule has 2 aliphatic rings. The van der Waals surface area contributed by atoms with Crippen molar-refractivity contribution in [1.82, 2.24) is 5.32 Å². The Morgan fingerprint density at radius 3 is 2.45 bits per heavy atom. The van der Waals surface area contributed by atoms with Gasteiger partial charge in [-0.25, -0.2) is 12.8 Å². The van der Waals surface area contributed by atoms with Crippen LogP contribution in [-0.2, 0) is 14.8 Å². The zero-order valence-corrected chi connectivity index (χ0v) is 17.2. The molecular weight excluding hydrogens is 391 g/mol. The molecule has 0 aliphatic heterocycles. The molecule has 5 nitrogen and oxygen atoms in total. The predicted molar refractivity (Wildman–Crippen MR) is 109 cm³/mol. The first-order valence-corrected chi connectivity index (χ1v) is 11.4. The van der Waals surface area contributed by atoms with Gasteiger partial charge in [0.25, 0.3) is 10.0 Å². The molecule has 0 heterocycles. The average Bonchev–Trinajstić information content (AvgIpc) is 3.30. The molecule has 1 amide bonds. The largest absolute Gasteiger partial charge is 0.352 e. The molecule has 29 heavy (non-hydrogen) atoms. The maximum Gasteiger partial charge on any atom is 0.264 e. The lowest BCUT2D eigenvalue weighted by molar-refractivity contribution is -0.120. The molecule has 2 fully saturated rings. The number of nitrogens with zero attached hydrogens (tertiary/aromatic N) is 1. The number of rotatable bonds is 6. The number of carbonyl (C=O) groups is 1. The number of anilines is 1. The molecule has 2 aromatic carbocycles. The van der Waals surface area contributed by atoms with Crippen LogP contribution < -0.4 is 9.62 Å². The second kappa shape index (κ2) is 7.78. The van der Waals surface area contributed by atoms with Crippen LogP contribution in [-0.4, -0.2) is 26.9 Å². The summed E-state index contributed by atoms with van der Waals surface area (Å²) in [7, 11) is -4.10. The number of hydrogen-bond donors (Lipinski definition) is 1. The Balaban J connectivity index is 1.61. The Morgan fingerprint density at radius 1 is 1.10 bits per heavy atom. The third-order valence-electron chi connectivity index (χ3n) is 6.10. The third-order valence-corrected chi connectivity index (χ3v) is 7.88. The van der Waals surface area contributed by atoms with E-state index in [1.54, 1.807) is 18.2 Å². The van der Waals surface area contributed by atoms with E-state index in [4.69, 9.17) is 0 Å². The van der Waals surface area contributed by atoms with E-state index in [1.807, 2.05) is 6.92 Å². The van der Waals surface area contributed by atoms with Crippen molar-refractivity contribution in [3.63, 3.8) is 0 Å². The predicted octanol–water partition coefficient (Wildman–Crippen LogP) is 3.63. The van der Waals surface area contributed by atoms with Crippen molar-refractivity contribution >= 4 is 21.6 Å². The molecule has 0 unspecified atom stereocenters. The molecule has 2 bridgehead atoms. The van der Waals surface area contributed by atoms with Gasteiger partial charge in [0.15, 0.2) is 0 Å². The number of fused-ring (bicyclic) bond motifs is 2. The Hall–Kier alpha value is -2.41. The Kier molecular flexibility index (Phi) is 5.34. The lowest BCUT2D eigenvalue weighted by atomic mass is 9.95. The summed E-state index contributed by atoms with van der Waals surface area (Å²) in [5.74, 6) is 0.0428. The first-order chi connectivity index (χ1) is 13.8. The van der Waals surface area contributed by atoms with Gasteiger partial charge in [-0.2, -0.15) is 0 Å². The number of carbonyl (C=O) groups excluding carboxylic acids is 1. The third kappa shape index (κ3) is 4.01. The minimum absolute atomic E-state index is 0.0269. The van der Waals surface area contributed by atoms with Gasteiger partial charge in [-0.3, -0.25) is 9.10 Å². The van der Waals surface area contributed by atoms with Crippen LogP contribution in [0, 0.1) is 24.6 Å². The van der Waals surface area contributed by atoms with E-state index in [9.17, 15) is 17.6 Å². The highest BCUT2D eigenvalue weighted by molar-refractivity contribution is 7.92. The molecule has 2 saturated carbocycles. The summed E-state index contributed by atoms with van der Waals surface area (Å²) >= 11 is 0. The van der Waals surface area contributed by atoms with Crippen LogP contribution in [0.5, 0.6) is 0 Å². The minimum Gasteiger partial charge on any atom is -0.352 e. The van der Waals surface area contributed by atoms with Crippen LogP contribution in [0.3, 0.4) is 0 Å². The van der Waals surface area contributed by atoms with Crippen molar-refractivity contribution in [3.05, 3.63) is 59.9 Å². The van der Waals surface area contributed by atoms with Gasteiger partial charge in [-0.05, 0) is 62.3 Å². The Morgan fingerprint density at radius 2 is 1.83 bits per heavy atom. The smallest absolute Gasteiger partial charge is 0.264 e. The Labute approximate surface area is 171 Å². The highest BCUT2D eigenvalue weighted by Crippen LogP contribution is 2.44. The molecular formula is C22H25FN2O3S. The van der Waals surface area contributed by atoms with Crippen molar-refractivity contribution < 1.29 is 17.6 Å². The zero-order chi connectivity index (χ0) is 20.6. The number of halogens is 1. The highest BCUT2D eigenvalue weighted by Gasteiger charge is 2.40. The van der Waals surface area contributed by atoms with Gasteiger partial charge in [0.1, 0.15) is 12.4 Å². The quantitative estimate of drug-likeness (QED) is 0.782. The highest BCUT2D eigenvalue weighted by atomic mass is 32.2. The number of para-hydroxylation sites is 1. The van der Waals surface area contributed by atoms with Crippen LogP contribution in [0.25, 0.3) is 0 Å².